The van der Waals surface area contributed by atoms with Crippen molar-refractivity contribution < 1.29 is 4.57 Å². The summed E-state index contributed by atoms with van der Waals surface area (Å²) in [5.41, 5.74) is 3.15. The lowest BCUT2D eigenvalue weighted by Crippen LogP contribution is -2.34. The van der Waals surface area contributed by atoms with Crippen LogP contribution in [-0.2, 0) is 19.4 Å². The van der Waals surface area contributed by atoms with Crippen molar-refractivity contribution in [2.75, 3.05) is 0 Å². The third-order valence-corrected chi connectivity index (χ3v) is 6.69. The lowest BCUT2D eigenvalue weighted by molar-refractivity contribution is -0.698. The summed E-state index contributed by atoms with van der Waals surface area (Å²) in [5, 5.41) is 0. The van der Waals surface area contributed by atoms with Crippen LogP contribution < -0.4 is 4.57 Å². The second-order valence-corrected chi connectivity index (χ2v) is 9.95. The molecule has 1 heteroatoms. The van der Waals surface area contributed by atoms with Gasteiger partial charge in [0.1, 0.15) is 6.54 Å². The van der Waals surface area contributed by atoms with Gasteiger partial charge in [-0.2, -0.15) is 0 Å². The molecule has 0 saturated carbocycles. The van der Waals surface area contributed by atoms with Crippen molar-refractivity contribution in [3.8, 4) is 0 Å². The molecule has 0 aliphatic heterocycles. The summed E-state index contributed by atoms with van der Waals surface area (Å²) >= 11 is 0. The molecule has 0 aromatic carbocycles. The van der Waals surface area contributed by atoms with Crippen LogP contribution in [0, 0.1) is 0 Å². The Balaban J connectivity index is 2.31. The van der Waals surface area contributed by atoms with Crippen molar-refractivity contribution >= 4 is 0 Å². The van der Waals surface area contributed by atoms with Gasteiger partial charge in [-0.15, -0.1) is 0 Å². The van der Waals surface area contributed by atoms with Gasteiger partial charge in [0.05, 0.1) is 0 Å². The van der Waals surface area contributed by atoms with E-state index in [1.807, 2.05) is 0 Å². The van der Waals surface area contributed by atoms with Crippen molar-refractivity contribution in [1.82, 2.24) is 0 Å². The minimum absolute atomic E-state index is 1.21. The summed E-state index contributed by atoms with van der Waals surface area (Å²) in [6.07, 6.45) is 34.0. The lowest BCUT2D eigenvalue weighted by atomic mass is 10.0. The highest BCUT2D eigenvalue weighted by atomic mass is 14.9. The van der Waals surface area contributed by atoms with Gasteiger partial charge >= 0.3 is 0 Å². The molecule has 0 bridgehead atoms. The maximum Gasteiger partial charge on any atom is 0.171 e. The highest BCUT2D eigenvalue weighted by Crippen LogP contribution is 2.13. The Kier molecular flexibility index (Phi) is 19.1. The first kappa shape index (κ1) is 28.2. The van der Waals surface area contributed by atoms with Crippen LogP contribution in [0.25, 0.3) is 0 Å². The zero-order valence-corrected chi connectivity index (χ0v) is 21.7. The zero-order chi connectivity index (χ0) is 22.4. The van der Waals surface area contributed by atoms with Crippen LogP contribution in [0.3, 0.4) is 0 Å². The van der Waals surface area contributed by atoms with E-state index in [-0.39, 0.29) is 0 Å². The van der Waals surface area contributed by atoms with E-state index in [1.165, 1.54) is 141 Å². The third-order valence-electron chi connectivity index (χ3n) is 6.69. The van der Waals surface area contributed by atoms with Crippen LogP contribution in [0.1, 0.15) is 154 Å². The minimum Gasteiger partial charge on any atom is -0.205 e. The Morgan fingerprint density at radius 2 is 0.806 bits per heavy atom. The van der Waals surface area contributed by atoms with Crippen molar-refractivity contribution in [2.24, 2.45) is 0 Å². The van der Waals surface area contributed by atoms with E-state index >= 15 is 0 Å². The number of nitrogens with zero attached hydrogens (tertiary/aromatic N) is 1. The van der Waals surface area contributed by atoms with Crippen LogP contribution >= 0.6 is 0 Å². The number of aromatic nitrogens is 1. The summed E-state index contributed by atoms with van der Waals surface area (Å²) in [6.45, 7) is 8.12. The molecule has 1 aromatic heterocycles. The lowest BCUT2D eigenvalue weighted by Gasteiger charge is -2.07. The quantitative estimate of drug-likeness (QED) is 0.127. The summed E-state index contributed by atoms with van der Waals surface area (Å²) < 4.78 is 2.53. The van der Waals surface area contributed by atoms with Crippen LogP contribution in [-0.4, -0.2) is 0 Å². The molecule has 0 N–H and O–H groups in total. The maximum absolute atomic E-state index is 2.53. The molecule has 0 unspecified atom stereocenters. The topological polar surface area (TPSA) is 3.88 Å². The molecule has 0 radical (unpaired) electrons. The van der Waals surface area contributed by atoms with Gasteiger partial charge < -0.3 is 0 Å². The molecule has 1 nitrogen and oxygen atoms in total. The zero-order valence-electron chi connectivity index (χ0n) is 21.7. The SMILES string of the molecule is CCCCCCCCCCCCC[n+]1cc(CCCCCC)cc(CCCCCC)c1. The smallest absolute Gasteiger partial charge is 0.171 e. The first-order valence-corrected chi connectivity index (χ1v) is 14.3. The molecule has 0 spiro atoms. The highest BCUT2D eigenvalue weighted by molar-refractivity contribution is 5.15. The van der Waals surface area contributed by atoms with Gasteiger partial charge in [0, 0.05) is 17.5 Å². The van der Waals surface area contributed by atoms with Crippen LogP contribution in [0.4, 0.5) is 0 Å². The van der Waals surface area contributed by atoms with Crippen LogP contribution in [0.15, 0.2) is 18.5 Å². The van der Waals surface area contributed by atoms with Crippen LogP contribution in [0.5, 0.6) is 0 Å². The number of aryl methyl sites for hydroxylation is 3. The van der Waals surface area contributed by atoms with Crippen LogP contribution in [0.2, 0.25) is 0 Å². The molecule has 180 valence electrons. The monoisotopic (exact) mass is 430 g/mol. The van der Waals surface area contributed by atoms with E-state index in [0.717, 1.165) is 0 Å². The van der Waals surface area contributed by atoms with Gasteiger partial charge in [0.15, 0.2) is 12.4 Å². The predicted octanol–water partition coefficient (Wildman–Crippen LogP) is 9.53. The van der Waals surface area contributed by atoms with E-state index < -0.39 is 0 Å². The fourth-order valence-corrected chi connectivity index (χ4v) is 4.65. The van der Waals surface area contributed by atoms with E-state index in [9.17, 15) is 0 Å². The molecular formula is C30H56N+. The van der Waals surface area contributed by atoms with Gasteiger partial charge in [-0.05, 0) is 38.2 Å². The summed E-state index contributed by atoms with van der Waals surface area (Å²) in [4.78, 5) is 0. The standard InChI is InChI=1S/C30H56N/c1-4-7-10-13-14-15-16-17-18-19-22-25-31-27-29(23-20-11-8-5-2)26-30(28-31)24-21-12-9-6-3/h26-28H,4-25H2,1-3H3/q+1. The van der Waals surface area contributed by atoms with Gasteiger partial charge in [-0.3, -0.25) is 0 Å². The average molecular weight is 431 g/mol. The van der Waals surface area contributed by atoms with Gasteiger partial charge in [0.25, 0.3) is 0 Å². The molecule has 0 saturated heterocycles. The van der Waals surface area contributed by atoms with Gasteiger partial charge in [-0.25, -0.2) is 4.57 Å². The summed E-state index contributed by atoms with van der Waals surface area (Å²) in [5.74, 6) is 0. The third kappa shape index (κ3) is 16.4. The number of hydrogen-bond donors (Lipinski definition) is 0. The van der Waals surface area contributed by atoms with E-state index in [0.29, 0.717) is 0 Å². The number of rotatable bonds is 22. The molecule has 0 aliphatic rings. The number of pyridine rings is 1. The molecule has 1 aromatic rings. The first-order valence-electron chi connectivity index (χ1n) is 14.3. The molecule has 1 heterocycles. The number of unbranched alkanes of at least 4 members (excludes halogenated alkanes) is 16. The fraction of sp³-hybridized carbons (Fsp3) is 0.833. The first-order chi connectivity index (χ1) is 15.3. The second-order valence-electron chi connectivity index (χ2n) is 9.95. The largest absolute Gasteiger partial charge is 0.205 e. The maximum atomic E-state index is 2.53. The van der Waals surface area contributed by atoms with Gasteiger partial charge in [0.2, 0.25) is 0 Å². The molecule has 0 aliphatic carbocycles. The summed E-state index contributed by atoms with van der Waals surface area (Å²) in [7, 11) is 0. The van der Waals surface area contributed by atoms with Crippen molar-refractivity contribution in [3.63, 3.8) is 0 Å². The Morgan fingerprint density at radius 3 is 1.23 bits per heavy atom. The van der Waals surface area contributed by atoms with Gasteiger partial charge in [-0.1, -0.05) is 117 Å². The molecule has 31 heavy (non-hydrogen) atoms. The Hall–Kier alpha value is -0.850. The Labute approximate surface area is 196 Å². The minimum atomic E-state index is 1.21. The molecule has 0 atom stereocenters. The predicted molar refractivity (Wildman–Crippen MR) is 139 cm³/mol. The van der Waals surface area contributed by atoms with E-state index in [4.69, 9.17) is 0 Å². The Morgan fingerprint density at radius 1 is 0.452 bits per heavy atom. The second kappa shape index (κ2) is 21.0. The van der Waals surface area contributed by atoms with Crippen molar-refractivity contribution in [2.45, 2.75) is 162 Å². The Bertz CT molecular complexity index is 477. The van der Waals surface area contributed by atoms with E-state index in [1.54, 1.807) is 11.1 Å². The summed E-state index contributed by atoms with van der Waals surface area (Å²) in [6, 6.07) is 2.51. The average Bonchev–Trinajstić information content (AvgIpc) is 2.78. The molecule has 0 amide bonds. The molecular weight excluding hydrogens is 374 g/mol. The van der Waals surface area contributed by atoms with Crippen molar-refractivity contribution in [1.29, 1.82) is 0 Å². The fourth-order valence-electron chi connectivity index (χ4n) is 4.65. The molecule has 0 fully saturated rings. The molecule has 1 rings (SSSR count). The normalized spacial score (nSPS) is 11.3. The number of hydrogen-bond acceptors (Lipinski definition) is 0. The van der Waals surface area contributed by atoms with Crippen molar-refractivity contribution in [3.05, 3.63) is 29.6 Å². The van der Waals surface area contributed by atoms with E-state index in [2.05, 4.69) is 43.8 Å². The highest BCUT2D eigenvalue weighted by Gasteiger charge is 2.08.